The molecule has 0 atom stereocenters. The zero-order valence-electron chi connectivity index (χ0n) is 11.1. The van der Waals surface area contributed by atoms with Crippen molar-refractivity contribution >= 4 is 10.8 Å². The van der Waals surface area contributed by atoms with Crippen molar-refractivity contribution < 1.29 is 9.84 Å². The van der Waals surface area contributed by atoms with E-state index in [1.54, 1.807) is 7.11 Å². The van der Waals surface area contributed by atoms with Crippen molar-refractivity contribution in [2.45, 2.75) is 13.0 Å². The number of nitrogens with zero attached hydrogens (tertiary/aromatic N) is 2. The van der Waals surface area contributed by atoms with E-state index < -0.39 is 0 Å². The van der Waals surface area contributed by atoms with E-state index in [-0.39, 0.29) is 6.61 Å². The Labute approximate surface area is 116 Å². The van der Waals surface area contributed by atoms with Crippen molar-refractivity contribution in [3.8, 4) is 5.75 Å². The topological polar surface area (TPSA) is 71.0 Å². The first-order valence-electron chi connectivity index (χ1n) is 6.37. The fourth-order valence-electron chi connectivity index (χ4n) is 2.26. The second-order valence-corrected chi connectivity index (χ2v) is 4.54. The lowest BCUT2D eigenvalue weighted by Crippen LogP contribution is -1.93. The smallest absolute Gasteiger partial charge is 0.176 e. The van der Waals surface area contributed by atoms with E-state index in [1.807, 2.05) is 24.3 Å². The fourth-order valence-corrected chi connectivity index (χ4v) is 2.26. The van der Waals surface area contributed by atoms with Gasteiger partial charge in [0.2, 0.25) is 0 Å². The number of hydrogen-bond acceptors (Lipinski definition) is 4. The number of methoxy groups -OCH3 is 1. The summed E-state index contributed by atoms with van der Waals surface area (Å²) in [7, 11) is 1.66. The van der Waals surface area contributed by atoms with Gasteiger partial charge in [0.15, 0.2) is 5.82 Å². The Morgan fingerprint density at radius 3 is 2.90 bits per heavy atom. The SMILES string of the molecule is COc1ccc2cccc(Cc3nc(CO)n[nH]3)c2c1. The van der Waals surface area contributed by atoms with E-state index in [4.69, 9.17) is 9.84 Å². The van der Waals surface area contributed by atoms with Crippen molar-refractivity contribution in [1.29, 1.82) is 0 Å². The lowest BCUT2D eigenvalue weighted by molar-refractivity contribution is 0.272. The molecule has 0 spiro atoms. The quantitative estimate of drug-likeness (QED) is 0.760. The van der Waals surface area contributed by atoms with E-state index in [1.165, 1.54) is 0 Å². The van der Waals surface area contributed by atoms with Gasteiger partial charge in [-0.2, -0.15) is 5.10 Å². The van der Waals surface area contributed by atoms with Crippen LogP contribution in [0, 0.1) is 0 Å². The molecule has 0 unspecified atom stereocenters. The third-order valence-electron chi connectivity index (χ3n) is 3.26. The van der Waals surface area contributed by atoms with Gasteiger partial charge in [0.05, 0.1) is 7.11 Å². The number of aromatic amines is 1. The van der Waals surface area contributed by atoms with Crippen LogP contribution in [0.25, 0.3) is 10.8 Å². The van der Waals surface area contributed by atoms with E-state index in [0.29, 0.717) is 12.2 Å². The number of H-pyrrole nitrogens is 1. The van der Waals surface area contributed by atoms with Crippen molar-refractivity contribution in [1.82, 2.24) is 15.2 Å². The molecule has 102 valence electrons. The highest BCUT2D eigenvalue weighted by atomic mass is 16.5. The number of aliphatic hydroxyl groups is 1. The van der Waals surface area contributed by atoms with Gasteiger partial charge in [0.25, 0.3) is 0 Å². The summed E-state index contributed by atoms with van der Waals surface area (Å²) in [5.74, 6) is 1.99. The number of ether oxygens (including phenoxy) is 1. The highest BCUT2D eigenvalue weighted by Crippen LogP contribution is 2.25. The molecule has 2 aromatic carbocycles. The number of rotatable bonds is 4. The van der Waals surface area contributed by atoms with Crippen molar-refractivity contribution in [3.05, 3.63) is 53.6 Å². The summed E-state index contributed by atoms with van der Waals surface area (Å²) in [6.07, 6.45) is 0.636. The number of hydrogen-bond donors (Lipinski definition) is 2. The Balaban J connectivity index is 2.01. The normalized spacial score (nSPS) is 10.9. The number of benzene rings is 2. The molecule has 3 aromatic rings. The molecular weight excluding hydrogens is 254 g/mol. The Hall–Kier alpha value is -2.40. The molecule has 0 aliphatic heterocycles. The van der Waals surface area contributed by atoms with E-state index in [9.17, 15) is 0 Å². The van der Waals surface area contributed by atoms with Crippen LogP contribution < -0.4 is 4.74 Å². The van der Waals surface area contributed by atoms with Gasteiger partial charge in [-0.1, -0.05) is 24.3 Å². The molecule has 0 fully saturated rings. The van der Waals surface area contributed by atoms with Gasteiger partial charge in [-0.15, -0.1) is 0 Å². The monoisotopic (exact) mass is 269 g/mol. The van der Waals surface area contributed by atoms with Crippen LogP contribution in [-0.4, -0.2) is 27.4 Å². The van der Waals surface area contributed by atoms with Gasteiger partial charge >= 0.3 is 0 Å². The maximum absolute atomic E-state index is 9.00. The Morgan fingerprint density at radius 1 is 1.25 bits per heavy atom. The van der Waals surface area contributed by atoms with Crippen molar-refractivity contribution in [2.24, 2.45) is 0 Å². The Kier molecular flexibility index (Phi) is 3.35. The maximum atomic E-state index is 9.00. The second-order valence-electron chi connectivity index (χ2n) is 4.54. The first-order chi connectivity index (χ1) is 9.80. The van der Waals surface area contributed by atoms with Gasteiger partial charge < -0.3 is 9.84 Å². The van der Waals surface area contributed by atoms with E-state index in [0.717, 1.165) is 27.9 Å². The summed E-state index contributed by atoms with van der Waals surface area (Å²) in [5, 5.41) is 18.1. The molecule has 1 aromatic heterocycles. The van der Waals surface area contributed by atoms with Crippen LogP contribution in [0.4, 0.5) is 0 Å². The summed E-state index contributed by atoms with van der Waals surface area (Å²) >= 11 is 0. The molecule has 0 amide bonds. The first kappa shape index (κ1) is 12.6. The summed E-state index contributed by atoms with van der Waals surface area (Å²) in [4.78, 5) is 4.23. The number of nitrogens with one attached hydrogen (secondary N) is 1. The van der Waals surface area contributed by atoms with E-state index in [2.05, 4.69) is 27.3 Å². The van der Waals surface area contributed by atoms with Gasteiger partial charge in [-0.25, -0.2) is 4.98 Å². The first-order valence-corrected chi connectivity index (χ1v) is 6.37. The van der Waals surface area contributed by atoms with Gasteiger partial charge in [-0.05, 0) is 28.5 Å². The van der Waals surface area contributed by atoms with E-state index >= 15 is 0 Å². The highest BCUT2D eigenvalue weighted by molar-refractivity contribution is 5.87. The lowest BCUT2D eigenvalue weighted by Gasteiger charge is -2.07. The van der Waals surface area contributed by atoms with Gasteiger partial charge in [0.1, 0.15) is 18.2 Å². The molecule has 5 heteroatoms. The summed E-state index contributed by atoms with van der Waals surface area (Å²) in [6.45, 7) is -0.153. The van der Waals surface area contributed by atoms with Crippen LogP contribution in [0.2, 0.25) is 0 Å². The zero-order chi connectivity index (χ0) is 13.9. The second kappa shape index (κ2) is 5.30. The van der Waals surface area contributed by atoms with Gasteiger partial charge in [-0.3, -0.25) is 5.10 Å². The number of aromatic nitrogens is 3. The minimum atomic E-state index is -0.153. The summed E-state index contributed by atoms with van der Waals surface area (Å²) in [5.41, 5.74) is 1.14. The predicted molar refractivity (Wildman–Crippen MR) is 75.6 cm³/mol. The minimum absolute atomic E-state index is 0.153. The van der Waals surface area contributed by atoms with Crippen LogP contribution in [0.5, 0.6) is 5.75 Å². The molecule has 0 saturated heterocycles. The standard InChI is InChI=1S/C15H15N3O2/c1-20-12-6-5-10-3-2-4-11(13(10)8-12)7-14-16-15(9-19)18-17-14/h2-6,8,19H,7,9H2,1H3,(H,16,17,18). The van der Waals surface area contributed by atoms with Crippen molar-refractivity contribution in [3.63, 3.8) is 0 Å². The molecule has 0 aliphatic rings. The average molecular weight is 269 g/mol. The third kappa shape index (κ3) is 2.35. The zero-order valence-corrected chi connectivity index (χ0v) is 11.1. The average Bonchev–Trinajstić information content (AvgIpc) is 2.95. The predicted octanol–water partition coefficient (Wildman–Crippen LogP) is 2.05. The molecular formula is C15H15N3O2. The van der Waals surface area contributed by atoms with Gasteiger partial charge in [0, 0.05) is 6.42 Å². The largest absolute Gasteiger partial charge is 0.497 e. The summed E-state index contributed by atoms with van der Waals surface area (Å²) in [6, 6.07) is 12.2. The Morgan fingerprint density at radius 2 is 2.15 bits per heavy atom. The molecule has 2 N–H and O–H groups in total. The molecule has 20 heavy (non-hydrogen) atoms. The highest BCUT2D eigenvalue weighted by Gasteiger charge is 2.07. The number of fused-ring (bicyclic) bond motifs is 1. The molecule has 0 bridgehead atoms. The molecule has 3 rings (SSSR count). The van der Waals surface area contributed by atoms with Crippen LogP contribution in [0.15, 0.2) is 36.4 Å². The Bertz CT molecular complexity index is 737. The van der Waals surface area contributed by atoms with Crippen LogP contribution in [-0.2, 0) is 13.0 Å². The van der Waals surface area contributed by atoms with Crippen LogP contribution >= 0.6 is 0 Å². The maximum Gasteiger partial charge on any atom is 0.176 e. The minimum Gasteiger partial charge on any atom is -0.497 e. The third-order valence-corrected chi connectivity index (χ3v) is 3.26. The fraction of sp³-hybridized carbons (Fsp3) is 0.200. The van der Waals surface area contributed by atoms with Crippen LogP contribution in [0.1, 0.15) is 17.2 Å². The molecule has 0 aliphatic carbocycles. The number of aliphatic hydroxyl groups excluding tert-OH is 1. The molecule has 1 heterocycles. The van der Waals surface area contributed by atoms with Crippen LogP contribution in [0.3, 0.4) is 0 Å². The summed E-state index contributed by atoms with van der Waals surface area (Å²) < 4.78 is 5.28. The van der Waals surface area contributed by atoms with Crippen molar-refractivity contribution in [2.75, 3.05) is 7.11 Å². The molecule has 0 saturated carbocycles. The lowest BCUT2D eigenvalue weighted by atomic mass is 10.0. The molecule has 5 nitrogen and oxygen atoms in total. The molecule has 0 radical (unpaired) electrons.